The minimum atomic E-state index is -1.05. The van der Waals surface area contributed by atoms with E-state index in [0.717, 1.165) is 33.3 Å². The zero-order valence-electron chi connectivity index (χ0n) is 24.7. The Balaban J connectivity index is 1.21. The number of rotatable bonds is 11. The van der Waals surface area contributed by atoms with E-state index in [-0.39, 0.29) is 12.3 Å². The molecule has 4 aromatic rings. The van der Waals surface area contributed by atoms with Gasteiger partial charge in [0, 0.05) is 42.5 Å². The summed E-state index contributed by atoms with van der Waals surface area (Å²) in [6.07, 6.45) is 3.69. The Morgan fingerprint density at radius 3 is 2.57 bits per heavy atom. The van der Waals surface area contributed by atoms with Crippen LogP contribution in [0.25, 0.3) is 10.9 Å². The molecular weight excluding hydrogens is 558 g/mol. The van der Waals surface area contributed by atoms with Gasteiger partial charge in [0.25, 0.3) is 0 Å². The minimum Gasteiger partial charge on any atom is -0.489 e. The molecular formula is C35H39N3O6. The van der Waals surface area contributed by atoms with Gasteiger partial charge >= 0.3 is 5.97 Å². The summed E-state index contributed by atoms with van der Waals surface area (Å²) in [4.78, 5) is 38.4. The first-order chi connectivity index (χ1) is 21.5. The largest absolute Gasteiger partial charge is 0.489 e. The number of carboxylic acids is 1. The van der Waals surface area contributed by atoms with E-state index >= 15 is 0 Å². The molecule has 0 saturated heterocycles. The number of aryl methyl sites for hydroxylation is 1. The first-order valence-corrected chi connectivity index (χ1v) is 15.2. The minimum absolute atomic E-state index is 0.296. The van der Waals surface area contributed by atoms with E-state index < -0.39 is 23.8 Å². The lowest BCUT2D eigenvalue weighted by molar-refractivity contribution is -0.141. The van der Waals surface area contributed by atoms with Gasteiger partial charge in [-0.3, -0.25) is 14.4 Å². The van der Waals surface area contributed by atoms with Gasteiger partial charge in [-0.25, -0.2) is 0 Å². The standard InChI is InChI=1S/C35H39N3O6/c39-33(40)22-27(10-6-9-25-13-15-29(16-14-25)44-24-26-7-2-1-3-8-26)34(41)37-31-21-28-23-38(32-12-5-4-11-30(28)32)18-20-43-19-17-36-35(31)42/h1-5,7-8,11-16,23,27,31H,6,9-10,17-22,24H2,(H,36,42)(H,37,41)(H,39,40)/t27-,31?/m1/s1. The van der Waals surface area contributed by atoms with Crippen LogP contribution in [0.2, 0.25) is 0 Å². The quantitative estimate of drug-likeness (QED) is 0.234. The maximum Gasteiger partial charge on any atom is 0.304 e. The second kappa shape index (κ2) is 15.2. The molecule has 2 amide bonds. The van der Waals surface area contributed by atoms with Gasteiger partial charge in [0.05, 0.1) is 19.6 Å². The lowest BCUT2D eigenvalue weighted by Gasteiger charge is -2.22. The molecule has 0 fully saturated rings. The van der Waals surface area contributed by atoms with Gasteiger partial charge in [-0.2, -0.15) is 0 Å². The van der Waals surface area contributed by atoms with Crippen molar-refractivity contribution in [2.45, 2.75) is 51.3 Å². The monoisotopic (exact) mass is 597 g/mol. The van der Waals surface area contributed by atoms with Crippen LogP contribution in [0.1, 0.15) is 36.0 Å². The number of carbonyl (C=O) groups is 3. The second-order valence-electron chi connectivity index (χ2n) is 11.1. The number of ether oxygens (including phenoxy) is 2. The number of aliphatic carboxylic acids is 1. The number of para-hydroxylation sites is 1. The van der Waals surface area contributed by atoms with Crippen molar-refractivity contribution in [1.82, 2.24) is 15.2 Å². The summed E-state index contributed by atoms with van der Waals surface area (Å²) in [5, 5.41) is 16.3. The average Bonchev–Trinajstić information content (AvgIpc) is 3.38. The number of hydrogen-bond donors (Lipinski definition) is 3. The zero-order chi connectivity index (χ0) is 30.7. The summed E-state index contributed by atoms with van der Waals surface area (Å²) in [7, 11) is 0. The molecule has 2 heterocycles. The highest BCUT2D eigenvalue weighted by Gasteiger charge is 2.28. The number of hydrogen-bond acceptors (Lipinski definition) is 5. The fourth-order valence-electron chi connectivity index (χ4n) is 5.61. The number of fused-ring (bicyclic) bond motifs is 5. The average molecular weight is 598 g/mol. The Labute approximate surface area is 257 Å². The van der Waals surface area contributed by atoms with Crippen LogP contribution in [0.5, 0.6) is 5.75 Å². The van der Waals surface area contributed by atoms with Crippen molar-refractivity contribution in [1.29, 1.82) is 0 Å². The third kappa shape index (κ3) is 8.48. The maximum atomic E-state index is 13.5. The molecule has 1 aromatic heterocycles. The molecule has 44 heavy (non-hydrogen) atoms. The number of aromatic nitrogens is 1. The molecule has 1 aliphatic heterocycles. The summed E-state index contributed by atoms with van der Waals surface area (Å²) in [5.41, 5.74) is 4.14. The number of amides is 2. The van der Waals surface area contributed by atoms with Crippen molar-refractivity contribution < 1.29 is 29.0 Å². The van der Waals surface area contributed by atoms with Crippen LogP contribution in [-0.2, 0) is 45.1 Å². The fraction of sp³-hybridized carbons (Fsp3) is 0.343. The third-order valence-corrected chi connectivity index (χ3v) is 7.93. The summed E-state index contributed by atoms with van der Waals surface area (Å²) in [6.45, 7) is 2.37. The van der Waals surface area contributed by atoms with E-state index in [1.807, 2.05) is 85.1 Å². The van der Waals surface area contributed by atoms with Crippen molar-refractivity contribution in [3.63, 3.8) is 0 Å². The maximum absolute atomic E-state index is 13.5. The van der Waals surface area contributed by atoms with Crippen molar-refractivity contribution in [2.75, 3.05) is 19.8 Å². The van der Waals surface area contributed by atoms with Gasteiger partial charge in [-0.15, -0.1) is 0 Å². The van der Waals surface area contributed by atoms with E-state index in [1.165, 1.54) is 0 Å². The molecule has 0 saturated carbocycles. The van der Waals surface area contributed by atoms with Crippen LogP contribution in [-0.4, -0.2) is 53.3 Å². The predicted molar refractivity (Wildman–Crippen MR) is 167 cm³/mol. The molecule has 3 N–H and O–H groups in total. The van der Waals surface area contributed by atoms with Crippen LogP contribution in [0.15, 0.2) is 85.1 Å². The first kappa shape index (κ1) is 30.8. The van der Waals surface area contributed by atoms with Gasteiger partial charge in [0.15, 0.2) is 0 Å². The Hall–Kier alpha value is -4.63. The third-order valence-electron chi connectivity index (χ3n) is 7.93. The molecule has 0 aliphatic carbocycles. The summed E-state index contributed by atoms with van der Waals surface area (Å²) < 4.78 is 13.7. The topological polar surface area (TPSA) is 119 Å². The predicted octanol–water partition coefficient (Wildman–Crippen LogP) is 4.51. The van der Waals surface area contributed by atoms with Gasteiger partial charge < -0.3 is 29.8 Å². The Kier molecular flexibility index (Phi) is 10.6. The Bertz CT molecular complexity index is 1550. The molecule has 9 nitrogen and oxygen atoms in total. The number of nitrogens with one attached hydrogen (secondary N) is 2. The number of carbonyl (C=O) groups excluding carboxylic acids is 2. The normalized spacial score (nSPS) is 16.3. The highest BCUT2D eigenvalue weighted by atomic mass is 16.5. The lowest BCUT2D eigenvalue weighted by Crippen LogP contribution is -2.50. The van der Waals surface area contributed by atoms with Gasteiger partial charge in [0.1, 0.15) is 18.4 Å². The molecule has 1 unspecified atom stereocenters. The van der Waals surface area contributed by atoms with Crippen molar-refractivity contribution in [2.24, 2.45) is 5.92 Å². The molecule has 0 spiro atoms. The summed E-state index contributed by atoms with van der Waals surface area (Å²) in [5.74, 6) is -1.79. The number of carboxylic acid groups (broad SMARTS) is 1. The van der Waals surface area contributed by atoms with Crippen LogP contribution in [0.3, 0.4) is 0 Å². The van der Waals surface area contributed by atoms with E-state index in [1.54, 1.807) is 0 Å². The smallest absolute Gasteiger partial charge is 0.304 e. The van der Waals surface area contributed by atoms with E-state index in [0.29, 0.717) is 58.6 Å². The molecule has 5 rings (SSSR count). The second-order valence-corrected chi connectivity index (χ2v) is 11.1. The molecule has 3 aromatic carbocycles. The lowest BCUT2D eigenvalue weighted by atomic mass is 9.94. The van der Waals surface area contributed by atoms with Gasteiger partial charge in [-0.1, -0.05) is 60.7 Å². The SMILES string of the molecule is O=C(O)C[C@@H](CCCc1ccc(OCc2ccccc2)cc1)C(=O)NC1Cc2cn(c3ccccc23)CCOCCNC1=O. The van der Waals surface area contributed by atoms with Crippen LogP contribution in [0, 0.1) is 5.92 Å². The zero-order valence-corrected chi connectivity index (χ0v) is 24.7. The van der Waals surface area contributed by atoms with E-state index in [9.17, 15) is 19.5 Å². The molecule has 2 atom stereocenters. The van der Waals surface area contributed by atoms with E-state index in [2.05, 4.69) is 15.2 Å². The van der Waals surface area contributed by atoms with Crippen LogP contribution in [0.4, 0.5) is 0 Å². The van der Waals surface area contributed by atoms with Crippen LogP contribution >= 0.6 is 0 Å². The van der Waals surface area contributed by atoms with Crippen molar-refractivity contribution in [3.8, 4) is 5.75 Å². The molecule has 1 aliphatic rings. The fourth-order valence-corrected chi connectivity index (χ4v) is 5.61. The van der Waals surface area contributed by atoms with Crippen LogP contribution < -0.4 is 15.4 Å². The molecule has 9 heteroatoms. The number of nitrogens with zero attached hydrogens (tertiary/aromatic N) is 1. The van der Waals surface area contributed by atoms with Crippen molar-refractivity contribution >= 4 is 28.7 Å². The molecule has 230 valence electrons. The Morgan fingerprint density at radius 1 is 1.00 bits per heavy atom. The molecule has 0 radical (unpaired) electrons. The highest BCUT2D eigenvalue weighted by molar-refractivity contribution is 5.91. The number of benzene rings is 3. The van der Waals surface area contributed by atoms with Gasteiger partial charge in [-0.05, 0) is 54.2 Å². The van der Waals surface area contributed by atoms with Crippen molar-refractivity contribution in [3.05, 3.63) is 102 Å². The highest BCUT2D eigenvalue weighted by Crippen LogP contribution is 2.24. The summed E-state index contributed by atoms with van der Waals surface area (Å²) in [6, 6.07) is 24.9. The summed E-state index contributed by atoms with van der Waals surface area (Å²) >= 11 is 0. The van der Waals surface area contributed by atoms with E-state index in [4.69, 9.17) is 9.47 Å². The molecule has 2 bridgehead atoms. The first-order valence-electron chi connectivity index (χ1n) is 15.2. The Morgan fingerprint density at radius 2 is 1.77 bits per heavy atom. The van der Waals surface area contributed by atoms with Gasteiger partial charge in [0.2, 0.25) is 11.8 Å².